The van der Waals surface area contributed by atoms with E-state index in [1.807, 2.05) is 11.6 Å². The van der Waals surface area contributed by atoms with Gasteiger partial charge in [-0.05, 0) is 6.08 Å². The quantitative estimate of drug-likeness (QED) is 0.621. The summed E-state index contributed by atoms with van der Waals surface area (Å²) >= 11 is 0. The Balaban J connectivity index is 2.69. The van der Waals surface area contributed by atoms with Gasteiger partial charge in [-0.25, -0.2) is 4.98 Å². The second-order valence-electron chi connectivity index (χ2n) is 3.00. The topological polar surface area (TPSA) is 38.1 Å². The van der Waals surface area contributed by atoms with E-state index in [9.17, 15) is 4.79 Å². The molecule has 1 aromatic rings. The number of nitrogens with zero attached hydrogens (tertiary/aromatic N) is 3. The zero-order chi connectivity index (χ0) is 9.84. The van der Waals surface area contributed by atoms with Crippen LogP contribution in [0, 0.1) is 0 Å². The van der Waals surface area contributed by atoms with Crippen LogP contribution in [0.25, 0.3) is 6.08 Å². The fourth-order valence-electron chi connectivity index (χ4n) is 0.834. The minimum atomic E-state index is -0.0267. The van der Waals surface area contributed by atoms with Crippen molar-refractivity contribution < 1.29 is 4.79 Å². The molecule has 0 aliphatic rings. The lowest BCUT2D eigenvalue weighted by molar-refractivity contribution is -0.123. The summed E-state index contributed by atoms with van der Waals surface area (Å²) in [5.41, 5.74) is 0.912. The van der Waals surface area contributed by atoms with Gasteiger partial charge in [-0.1, -0.05) is 0 Å². The third-order valence-electron chi connectivity index (χ3n) is 1.69. The van der Waals surface area contributed by atoms with Gasteiger partial charge >= 0.3 is 0 Å². The van der Waals surface area contributed by atoms with Crippen LogP contribution in [0.5, 0.6) is 0 Å². The van der Waals surface area contributed by atoms with Gasteiger partial charge in [-0.15, -0.1) is 0 Å². The summed E-state index contributed by atoms with van der Waals surface area (Å²) < 4.78 is 1.85. The highest BCUT2D eigenvalue weighted by Crippen LogP contribution is 1.99. The molecule has 0 aliphatic heterocycles. The number of likely N-dealkylation sites (N-methyl/N-ethyl adjacent to an activating group) is 1. The first-order valence-electron chi connectivity index (χ1n) is 3.97. The maximum absolute atomic E-state index is 11.2. The van der Waals surface area contributed by atoms with E-state index < -0.39 is 0 Å². The third-order valence-corrected chi connectivity index (χ3v) is 1.69. The van der Waals surface area contributed by atoms with Crippen molar-refractivity contribution in [1.29, 1.82) is 0 Å². The zero-order valence-electron chi connectivity index (χ0n) is 8.06. The molecular formula is C9H13N3O. The Kier molecular flexibility index (Phi) is 2.84. The van der Waals surface area contributed by atoms with Crippen LogP contribution >= 0.6 is 0 Å². The fourth-order valence-corrected chi connectivity index (χ4v) is 0.834. The lowest BCUT2D eigenvalue weighted by Gasteiger charge is -2.04. The predicted octanol–water partition coefficient (Wildman–Crippen LogP) is 0.521. The predicted molar refractivity (Wildman–Crippen MR) is 50.9 cm³/mol. The van der Waals surface area contributed by atoms with Crippen molar-refractivity contribution in [2.75, 3.05) is 14.1 Å². The van der Waals surface area contributed by atoms with E-state index in [0.29, 0.717) is 0 Å². The van der Waals surface area contributed by atoms with Gasteiger partial charge in [0.25, 0.3) is 0 Å². The van der Waals surface area contributed by atoms with Gasteiger partial charge in [0.2, 0.25) is 5.91 Å². The van der Waals surface area contributed by atoms with Crippen LogP contribution in [0.15, 0.2) is 18.6 Å². The molecule has 0 saturated carbocycles. The maximum atomic E-state index is 11.2. The molecule has 1 aromatic heterocycles. The summed E-state index contributed by atoms with van der Waals surface area (Å²) in [7, 11) is 5.32. The van der Waals surface area contributed by atoms with Crippen LogP contribution in [0.4, 0.5) is 0 Å². The van der Waals surface area contributed by atoms with Crippen molar-refractivity contribution in [2.45, 2.75) is 0 Å². The van der Waals surface area contributed by atoms with Gasteiger partial charge in [-0.3, -0.25) is 4.79 Å². The van der Waals surface area contributed by atoms with Gasteiger partial charge in [0.05, 0.1) is 18.2 Å². The second-order valence-corrected chi connectivity index (χ2v) is 3.00. The molecule has 0 N–H and O–H groups in total. The summed E-state index contributed by atoms with van der Waals surface area (Å²) in [4.78, 5) is 16.6. The number of amides is 1. The fraction of sp³-hybridized carbons (Fsp3) is 0.333. The normalized spacial score (nSPS) is 10.7. The molecule has 0 spiro atoms. The van der Waals surface area contributed by atoms with Crippen LogP contribution in [-0.2, 0) is 11.8 Å². The van der Waals surface area contributed by atoms with Crippen molar-refractivity contribution in [1.82, 2.24) is 14.5 Å². The highest BCUT2D eigenvalue weighted by molar-refractivity contribution is 5.91. The summed E-state index contributed by atoms with van der Waals surface area (Å²) in [6, 6.07) is 0. The molecule has 0 aliphatic carbocycles. The smallest absolute Gasteiger partial charge is 0.246 e. The maximum Gasteiger partial charge on any atom is 0.246 e. The molecule has 0 saturated heterocycles. The second kappa shape index (κ2) is 3.89. The number of rotatable bonds is 2. The lowest BCUT2D eigenvalue weighted by atomic mass is 10.4. The highest BCUT2D eigenvalue weighted by atomic mass is 16.2. The molecule has 1 heterocycles. The Morgan fingerprint density at radius 2 is 2.31 bits per heavy atom. The largest absolute Gasteiger partial charge is 0.345 e. The minimum absolute atomic E-state index is 0.0267. The van der Waals surface area contributed by atoms with Crippen molar-refractivity contribution in [3.8, 4) is 0 Å². The third kappa shape index (κ3) is 2.43. The molecule has 13 heavy (non-hydrogen) atoms. The molecule has 70 valence electrons. The Bertz CT molecular complexity index is 325. The first-order valence-corrected chi connectivity index (χ1v) is 3.97. The first kappa shape index (κ1) is 9.51. The van der Waals surface area contributed by atoms with Crippen LogP contribution in [0.3, 0.4) is 0 Å². The number of hydrogen-bond donors (Lipinski definition) is 0. The Hall–Kier alpha value is -1.58. The van der Waals surface area contributed by atoms with E-state index in [2.05, 4.69) is 4.98 Å². The summed E-state index contributed by atoms with van der Waals surface area (Å²) in [5.74, 6) is -0.0267. The molecule has 0 radical (unpaired) electrons. The Labute approximate surface area is 77.5 Å². The van der Waals surface area contributed by atoms with E-state index >= 15 is 0 Å². The van der Waals surface area contributed by atoms with Crippen LogP contribution < -0.4 is 0 Å². The SMILES string of the molecule is CN(C)C(=O)/C=C/c1cncn1C. The van der Waals surface area contributed by atoms with Crippen molar-refractivity contribution in [2.24, 2.45) is 7.05 Å². The number of hydrogen-bond acceptors (Lipinski definition) is 2. The van der Waals surface area contributed by atoms with Gasteiger partial charge in [0, 0.05) is 27.2 Å². The molecular weight excluding hydrogens is 166 g/mol. The molecule has 0 unspecified atom stereocenters. The highest BCUT2D eigenvalue weighted by Gasteiger charge is 1.97. The number of carbonyl (C=O) groups excluding carboxylic acids is 1. The van der Waals surface area contributed by atoms with Gasteiger partial charge in [0.15, 0.2) is 0 Å². The molecule has 0 fully saturated rings. The number of aromatic nitrogens is 2. The van der Waals surface area contributed by atoms with Crippen molar-refractivity contribution in [3.05, 3.63) is 24.3 Å². The summed E-state index contributed by atoms with van der Waals surface area (Å²) in [6.07, 6.45) is 6.67. The van der Waals surface area contributed by atoms with Crippen molar-refractivity contribution >= 4 is 12.0 Å². The van der Waals surface area contributed by atoms with Crippen LogP contribution in [-0.4, -0.2) is 34.5 Å². The summed E-state index contributed by atoms with van der Waals surface area (Å²) in [6.45, 7) is 0. The Morgan fingerprint density at radius 1 is 1.62 bits per heavy atom. The molecule has 1 rings (SSSR count). The van der Waals surface area contributed by atoms with E-state index in [-0.39, 0.29) is 5.91 Å². The van der Waals surface area contributed by atoms with Crippen LogP contribution in [0.1, 0.15) is 5.69 Å². The van der Waals surface area contributed by atoms with E-state index in [1.165, 1.54) is 11.0 Å². The van der Waals surface area contributed by atoms with E-state index in [1.54, 1.807) is 32.7 Å². The molecule has 0 atom stereocenters. The van der Waals surface area contributed by atoms with Gasteiger partial charge in [-0.2, -0.15) is 0 Å². The number of imidazole rings is 1. The average Bonchev–Trinajstić information content (AvgIpc) is 2.47. The first-order chi connectivity index (χ1) is 6.11. The molecule has 4 heteroatoms. The van der Waals surface area contributed by atoms with Gasteiger partial charge in [0.1, 0.15) is 0 Å². The number of carbonyl (C=O) groups is 1. The zero-order valence-corrected chi connectivity index (χ0v) is 8.06. The standard InChI is InChI=1S/C9H13N3O/c1-11(2)9(13)5-4-8-6-10-7-12(8)3/h4-7H,1-3H3/b5-4+. The van der Waals surface area contributed by atoms with Gasteiger partial charge < -0.3 is 9.47 Å². The average molecular weight is 179 g/mol. The monoisotopic (exact) mass is 179 g/mol. The minimum Gasteiger partial charge on any atom is -0.345 e. The molecule has 0 bridgehead atoms. The van der Waals surface area contributed by atoms with E-state index in [0.717, 1.165) is 5.69 Å². The molecule has 4 nitrogen and oxygen atoms in total. The Morgan fingerprint density at radius 3 is 2.77 bits per heavy atom. The van der Waals surface area contributed by atoms with Crippen LogP contribution in [0.2, 0.25) is 0 Å². The summed E-state index contributed by atoms with van der Waals surface area (Å²) in [5, 5.41) is 0. The molecule has 1 amide bonds. The van der Waals surface area contributed by atoms with E-state index in [4.69, 9.17) is 0 Å². The number of aryl methyl sites for hydroxylation is 1. The molecule has 0 aromatic carbocycles. The van der Waals surface area contributed by atoms with Crippen molar-refractivity contribution in [3.63, 3.8) is 0 Å². The lowest BCUT2D eigenvalue weighted by Crippen LogP contribution is -2.18.